The van der Waals surface area contributed by atoms with Crippen molar-refractivity contribution < 1.29 is 22.9 Å². The SMILES string of the molecule is O=C1c2ccccc2N[C@@H](c2ccc([N+](=O)[O-])cc2)N1CC(F)(F)F. The zero-order valence-corrected chi connectivity index (χ0v) is 12.7. The summed E-state index contributed by atoms with van der Waals surface area (Å²) in [5.41, 5.74) is 0.686. The van der Waals surface area contributed by atoms with Gasteiger partial charge < -0.3 is 10.2 Å². The molecule has 1 aliphatic rings. The van der Waals surface area contributed by atoms with Crippen molar-refractivity contribution in [1.82, 2.24) is 4.90 Å². The Morgan fingerprint density at radius 3 is 2.36 bits per heavy atom. The number of anilines is 1. The molecule has 2 aromatic carbocycles. The Morgan fingerprint density at radius 1 is 1.12 bits per heavy atom. The number of carbonyl (C=O) groups is 1. The molecule has 0 aliphatic carbocycles. The fraction of sp³-hybridized carbons (Fsp3) is 0.188. The average molecular weight is 351 g/mol. The largest absolute Gasteiger partial charge is 0.406 e. The van der Waals surface area contributed by atoms with E-state index in [0.717, 1.165) is 0 Å². The van der Waals surface area contributed by atoms with Crippen LogP contribution in [0.4, 0.5) is 24.5 Å². The van der Waals surface area contributed by atoms with Gasteiger partial charge in [-0.2, -0.15) is 13.2 Å². The van der Waals surface area contributed by atoms with Crippen LogP contribution in [0.2, 0.25) is 0 Å². The number of carbonyl (C=O) groups excluding carboxylic acids is 1. The van der Waals surface area contributed by atoms with E-state index < -0.39 is 29.7 Å². The van der Waals surface area contributed by atoms with Crippen LogP contribution in [0.1, 0.15) is 22.1 Å². The molecule has 130 valence electrons. The van der Waals surface area contributed by atoms with Crippen molar-refractivity contribution in [2.75, 3.05) is 11.9 Å². The van der Waals surface area contributed by atoms with Gasteiger partial charge in [-0.05, 0) is 29.8 Å². The summed E-state index contributed by atoms with van der Waals surface area (Å²) in [5.74, 6) is -0.755. The lowest BCUT2D eigenvalue weighted by atomic mass is 10.0. The second-order valence-corrected chi connectivity index (χ2v) is 5.49. The summed E-state index contributed by atoms with van der Waals surface area (Å²) in [6.07, 6.45) is -5.66. The van der Waals surface area contributed by atoms with E-state index in [0.29, 0.717) is 16.2 Å². The third-order valence-electron chi connectivity index (χ3n) is 3.79. The molecule has 9 heteroatoms. The molecule has 0 radical (unpaired) electrons. The quantitative estimate of drug-likeness (QED) is 0.675. The van der Waals surface area contributed by atoms with Crippen molar-refractivity contribution in [2.45, 2.75) is 12.3 Å². The molecule has 1 atom stereocenters. The Kier molecular flexibility index (Phi) is 4.07. The second kappa shape index (κ2) is 6.08. The minimum Gasteiger partial charge on any atom is -0.361 e. The van der Waals surface area contributed by atoms with Crippen LogP contribution in [0.5, 0.6) is 0 Å². The number of non-ortho nitro benzene ring substituents is 1. The number of nitrogens with one attached hydrogen (secondary N) is 1. The van der Waals surface area contributed by atoms with Crippen LogP contribution < -0.4 is 5.32 Å². The van der Waals surface area contributed by atoms with Gasteiger partial charge in [-0.3, -0.25) is 14.9 Å². The van der Waals surface area contributed by atoms with Crippen LogP contribution >= 0.6 is 0 Å². The number of para-hydroxylation sites is 1. The third kappa shape index (κ3) is 3.39. The molecule has 1 amide bonds. The Labute approximate surface area is 140 Å². The van der Waals surface area contributed by atoms with Crippen LogP contribution in [-0.2, 0) is 0 Å². The van der Waals surface area contributed by atoms with Crippen LogP contribution in [-0.4, -0.2) is 28.5 Å². The molecule has 3 rings (SSSR count). The molecule has 0 fully saturated rings. The van der Waals surface area contributed by atoms with Gasteiger partial charge in [-0.15, -0.1) is 0 Å². The van der Waals surface area contributed by atoms with E-state index in [1.54, 1.807) is 18.2 Å². The number of nitrogens with zero attached hydrogens (tertiary/aromatic N) is 2. The zero-order chi connectivity index (χ0) is 18.2. The second-order valence-electron chi connectivity index (χ2n) is 5.49. The molecule has 0 unspecified atom stereocenters. The fourth-order valence-corrected chi connectivity index (χ4v) is 2.69. The lowest BCUT2D eigenvalue weighted by Gasteiger charge is -2.38. The van der Waals surface area contributed by atoms with Crippen molar-refractivity contribution in [3.05, 3.63) is 69.8 Å². The number of nitro groups is 1. The number of benzene rings is 2. The van der Waals surface area contributed by atoms with Crippen molar-refractivity contribution in [1.29, 1.82) is 0 Å². The van der Waals surface area contributed by atoms with E-state index in [1.165, 1.54) is 30.3 Å². The number of fused-ring (bicyclic) bond motifs is 1. The summed E-state index contributed by atoms with van der Waals surface area (Å²) >= 11 is 0. The highest BCUT2D eigenvalue weighted by molar-refractivity contribution is 6.01. The number of nitro benzene ring substituents is 1. The third-order valence-corrected chi connectivity index (χ3v) is 3.79. The molecule has 1 aliphatic heterocycles. The van der Waals surface area contributed by atoms with Crippen molar-refractivity contribution in [3.8, 4) is 0 Å². The molecule has 1 N–H and O–H groups in total. The van der Waals surface area contributed by atoms with Gasteiger partial charge in [0, 0.05) is 17.8 Å². The van der Waals surface area contributed by atoms with Crippen molar-refractivity contribution >= 4 is 17.3 Å². The summed E-state index contributed by atoms with van der Waals surface area (Å²) in [5, 5.41) is 13.6. The van der Waals surface area contributed by atoms with Crippen molar-refractivity contribution in [3.63, 3.8) is 0 Å². The number of rotatable bonds is 3. The Hall–Kier alpha value is -3.10. The molecular weight excluding hydrogens is 339 g/mol. The van der Waals surface area contributed by atoms with E-state index >= 15 is 0 Å². The van der Waals surface area contributed by atoms with Gasteiger partial charge in [-0.25, -0.2) is 0 Å². The summed E-state index contributed by atoms with van der Waals surface area (Å²) in [4.78, 5) is 23.3. The van der Waals surface area contributed by atoms with Gasteiger partial charge in [-0.1, -0.05) is 12.1 Å². The summed E-state index contributed by atoms with van der Waals surface area (Å²) < 4.78 is 38.8. The molecule has 0 bridgehead atoms. The first kappa shape index (κ1) is 16.7. The molecule has 0 saturated heterocycles. The first-order chi connectivity index (χ1) is 11.8. The fourth-order valence-electron chi connectivity index (χ4n) is 2.69. The zero-order valence-electron chi connectivity index (χ0n) is 12.7. The number of halogens is 3. The molecule has 0 spiro atoms. The smallest absolute Gasteiger partial charge is 0.361 e. The first-order valence-corrected chi connectivity index (χ1v) is 7.24. The molecule has 1 heterocycles. The minimum atomic E-state index is -4.58. The Morgan fingerprint density at radius 2 is 1.76 bits per heavy atom. The maximum atomic E-state index is 12.9. The van der Waals surface area contributed by atoms with E-state index in [9.17, 15) is 28.1 Å². The van der Waals surface area contributed by atoms with E-state index in [2.05, 4.69) is 5.32 Å². The standard InChI is InChI=1S/C16H12F3N3O3/c17-16(18,19)9-21-14(10-5-7-11(8-6-10)22(24)25)20-13-4-2-1-3-12(13)15(21)23/h1-8,14,20H,9H2/t14-/m1/s1. The van der Waals surface area contributed by atoms with E-state index in [1.807, 2.05) is 0 Å². The summed E-state index contributed by atoms with van der Waals surface area (Å²) in [6, 6.07) is 11.3. The van der Waals surface area contributed by atoms with E-state index in [4.69, 9.17) is 0 Å². The summed E-state index contributed by atoms with van der Waals surface area (Å²) in [7, 11) is 0. The molecule has 25 heavy (non-hydrogen) atoms. The van der Waals surface area contributed by atoms with Crippen LogP contribution in [0.15, 0.2) is 48.5 Å². The minimum absolute atomic E-state index is 0.143. The molecule has 2 aromatic rings. The lowest BCUT2D eigenvalue weighted by molar-refractivity contribution is -0.384. The normalized spacial score (nSPS) is 17.0. The number of amides is 1. The number of hydrogen-bond acceptors (Lipinski definition) is 4. The first-order valence-electron chi connectivity index (χ1n) is 7.24. The monoisotopic (exact) mass is 351 g/mol. The highest BCUT2D eigenvalue weighted by atomic mass is 19.4. The predicted molar refractivity (Wildman–Crippen MR) is 83.0 cm³/mol. The highest BCUT2D eigenvalue weighted by Gasteiger charge is 2.40. The Balaban J connectivity index is 2.02. The van der Waals surface area contributed by atoms with Gasteiger partial charge in [0.1, 0.15) is 12.7 Å². The van der Waals surface area contributed by atoms with Gasteiger partial charge in [0.05, 0.1) is 10.5 Å². The van der Waals surface area contributed by atoms with Gasteiger partial charge in [0.2, 0.25) is 0 Å². The number of alkyl halides is 3. The summed E-state index contributed by atoms with van der Waals surface area (Å²) in [6.45, 7) is -1.44. The maximum Gasteiger partial charge on any atom is 0.406 e. The number of hydrogen-bond donors (Lipinski definition) is 1. The van der Waals surface area contributed by atoms with Gasteiger partial charge in [0.25, 0.3) is 11.6 Å². The Bertz CT molecular complexity index is 821. The van der Waals surface area contributed by atoms with E-state index in [-0.39, 0.29) is 11.3 Å². The molecule has 0 saturated carbocycles. The van der Waals surface area contributed by atoms with Crippen LogP contribution in [0, 0.1) is 10.1 Å². The van der Waals surface area contributed by atoms with Crippen LogP contribution in [0.25, 0.3) is 0 Å². The van der Waals surface area contributed by atoms with Gasteiger partial charge >= 0.3 is 6.18 Å². The molecule has 6 nitrogen and oxygen atoms in total. The maximum absolute atomic E-state index is 12.9. The lowest BCUT2D eigenvalue weighted by Crippen LogP contribution is -2.47. The molecular formula is C16H12F3N3O3. The topological polar surface area (TPSA) is 75.5 Å². The van der Waals surface area contributed by atoms with Gasteiger partial charge in [0.15, 0.2) is 0 Å². The predicted octanol–water partition coefficient (Wildman–Crippen LogP) is 3.72. The molecule has 0 aromatic heterocycles. The highest BCUT2D eigenvalue weighted by Crippen LogP contribution is 2.35. The van der Waals surface area contributed by atoms with Crippen molar-refractivity contribution in [2.24, 2.45) is 0 Å². The average Bonchev–Trinajstić information content (AvgIpc) is 2.56. The van der Waals surface area contributed by atoms with Crippen LogP contribution in [0.3, 0.4) is 0 Å².